The van der Waals surface area contributed by atoms with Crippen molar-refractivity contribution in [3.8, 4) is 5.75 Å². The summed E-state index contributed by atoms with van der Waals surface area (Å²) in [6.45, 7) is -0.697. The normalized spacial score (nSPS) is 9.92. The van der Waals surface area contributed by atoms with Crippen LogP contribution in [0.5, 0.6) is 5.75 Å². The van der Waals surface area contributed by atoms with Gasteiger partial charge in [0, 0.05) is 31.2 Å². The molecule has 0 unspecified atom stereocenters. The molecular formula is C17H18N4O5. The van der Waals surface area contributed by atoms with E-state index in [1.54, 1.807) is 24.3 Å². The van der Waals surface area contributed by atoms with Gasteiger partial charge in [-0.25, -0.2) is 9.78 Å². The van der Waals surface area contributed by atoms with Gasteiger partial charge >= 0.3 is 5.97 Å². The zero-order valence-electron chi connectivity index (χ0n) is 14.3. The Morgan fingerprint density at radius 2 is 2.04 bits per heavy atom. The van der Waals surface area contributed by atoms with E-state index < -0.39 is 24.4 Å². The van der Waals surface area contributed by atoms with Gasteiger partial charge in [-0.05, 0) is 12.1 Å². The highest BCUT2D eigenvalue weighted by atomic mass is 16.5. The molecule has 0 spiro atoms. The Hall–Kier alpha value is -3.49. The van der Waals surface area contributed by atoms with Crippen LogP contribution in [0.1, 0.15) is 10.5 Å². The Bertz CT molecular complexity index is 782. The lowest BCUT2D eigenvalue weighted by atomic mass is 10.3. The van der Waals surface area contributed by atoms with Crippen LogP contribution in [0.4, 0.5) is 5.69 Å². The number of anilines is 1. The van der Waals surface area contributed by atoms with E-state index in [0.717, 1.165) is 4.90 Å². The average molecular weight is 358 g/mol. The Morgan fingerprint density at radius 3 is 2.73 bits per heavy atom. The van der Waals surface area contributed by atoms with Gasteiger partial charge in [-0.1, -0.05) is 6.07 Å². The molecule has 9 heteroatoms. The fraction of sp³-hybridized carbons (Fsp3) is 0.235. The molecule has 0 bridgehead atoms. The molecule has 1 heterocycles. The SMILES string of the molecule is COc1cccc(NC(=O)CN(C)C(=O)COC(=O)c2cnccn2)c1. The lowest BCUT2D eigenvalue weighted by Crippen LogP contribution is -2.37. The number of nitrogens with zero attached hydrogens (tertiary/aromatic N) is 3. The van der Waals surface area contributed by atoms with Crippen LogP contribution in [0, 0.1) is 0 Å². The number of rotatable bonds is 7. The van der Waals surface area contributed by atoms with Gasteiger partial charge in [0.2, 0.25) is 5.91 Å². The Kier molecular flexibility index (Phi) is 6.60. The number of methoxy groups -OCH3 is 1. The van der Waals surface area contributed by atoms with Gasteiger partial charge in [0.15, 0.2) is 12.3 Å². The first-order valence-corrected chi connectivity index (χ1v) is 7.60. The number of carbonyl (C=O) groups excluding carboxylic acids is 3. The van der Waals surface area contributed by atoms with E-state index >= 15 is 0 Å². The number of amides is 2. The maximum Gasteiger partial charge on any atom is 0.359 e. The van der Waals surface area contributed by atoms with Crippen LogP contribution in [0.3, 0.4) is 0 Å². The summed E-state index contributed by atoms with van der Waals surface area (Å²) in [5.41, 5.74) is 0.544. The molecule has 1 N–H and O–H groups in total. The third-order valence-corrected chi connectivity index (χ3v) is 3.26. The summed E-state index contributed by atoms with van der Waals surface area (Å²) in [7, 11) is 2.96. The minimum atomic E-state index is -0.763. The summed E-state index contributed by atoms with van der Waals surface area (Å²) in [5, 5.41) is 2.65. The molecule has 0 fully saturated rings. The van der Waals surface area contributed by atoms with Crippen molar-refractivity contribution in [1.82, 2.24) is 14.9 Å². The lowest BCUT2D eigenvalue weighted by Gasteiger charge is -2.16. The summed E-state index contributed by atoms with van der Waals surface area (Å²) in [4.78, 5) is 44.4. The van der Waals surface area contributed by atoms with Crippen LogP contribution >= 0.6 is 0 Å². The van der Waals surface area contributed by atoms with Crippen molar-refractivity contribution in [2.75, 3.05) is 32.6 Å². The lowest BCUT2D eigenvalue weighted by molar-refractivity contribution is -0.136. The van der Waals surface area contributed by atoms with Gasteiger partial charge in [-0.3, -0.25) is 14.6 Å². The molecule has 26 heavy (non-hydrogen) atoms. The minimum Gasteiger partial charge on any atom is -0.497 e. The van der Waals surface area contributed by atoms with Crippen LogP contribution in [-0.2, 0) is 14.3 Å². The van der Waals surface area contributed by atoms with Crippen LogP contribution in [0.15, 0.2) is 42.9 Å². The molecule has 1 aromatic heterocycles. The highest BCUT2D eigenvalue weighted by Crippen LogP contribution is 2.16. The second-order valence-corrected chi connectivity index (χ2v) is 5.20. The molecule has 2 aromatic rings. The van der Waals surface area contributed by atoms with Crippen molar-refractivity contribution in [1.29, 1.82) is 0 Å². The zero-order chi connectivity index (χ0) is 18.9. The fourth-order valence-corrected chi connectivity index (χ4v) is 1.92. The number of ether oxygens (including phenoxy) is 2. The van der Waals surface area contributed by atoms with E-state index in [1.807, 2.05) is 0 Å². The summed E-state index contributed by atoms with van der Waals surface area (Å²) in [5.74, 6) is -1.08. The number of likely N-dealkylation sites (N-methyl/N-ethyl adjacent to an activating group) is 1. The number of aromatic nitrogens is 2. The topological polar surface area (TPSA) is 111 Å². The van der Waals surface area contributed by atoms with Gasteiger partial charge in [-0.15, -0.1) is 0 Å². The molecule has 9 nitrogen and oxygen atoms in total. The van der Waals surface area contributed by atoms with Crippen LogP contribution < -0.4 is 10.1 Å². The van der Waals surface area contributed by atoms with E-state index in [1.165, 1.54) is 32.7 Å². The number of hydrogen-bond acceptors (Lipinski definition) is 7. The van der Waals surface area contributed by atoms with Gasteiger partial charge in [-0.2, -0.15) is 0 Å². The Morgan fingerprint density at radius 1 is 1.23 bits per heavy atom. The second-order valence-electron chi connectivity index (χ2n) is 5.20. The molecule has 2 rings (SSSR count). The summed E-state index contributed by atoms with van der Waals surface area (Å²) < 4.78 is 9.93. The maximum absolute atomic E-state index is 12.0. The number of carbonyl (C=O) groups is 3. The Balaban J connectivity index is 1.80. The largest absolute Gasteiger partial charge is 0.497 e. The molecule has 0 aliphatic rings. The van der Waals surface area contributed by atoms with Gasteiger partial charge in [0.1, 0.15) is 5.75 Å². The van der Waals surface area contributed by atoms with E-state index in [0.29, 0.717) is 11.4 Å². The first-order chi connectivity index (χ1) is 12.5. The van der Waals surface area contributed by atoms with Crippen molar-refractivity contribution in [3.63, 3.8) is 0 Å². The molecule has 0 saturated heterocycles. The third kappa shape index (κ3) is 5.55. The zero-order valence-corrected chi connectivity index (χ0v) is 14.3. The number of nitrogens with one attached hydrogen (secondary N) is 1. The molecule has 0 aliphatic heterocycles. The van der Waals surface area contributed by atoms with Crippen LogP contribution in [-0.4, -0.2) is 60.0 Å². The van der Waals surface area contributed by atoms with Crippen molar-refractivity contribution in [2.24, 2.45) is 0 Å². The molecular weight excluding hydrogens is 340 g/mol. The molecule has 136 valence electrons. The van der Waals surface area contributed by atoms with Gasteiger partial charge < -0.3 is 19.7 Å². The smallest absolute Gasteiger partial charge is 0.359 e. The minimum absolute atomic E-state index is 0.00118. The third-order valence-electron chi connectivity index (χ3n) is 3.26. The maximum atomic E-state index is 12.0. The molecule has 0 saturated carbocycles. The standard InChI is InChI=1S/C17H18N4O5/c1-21(10-15(22)20-12-4-3-5-13(8-12)25-2)16(23)11-26-17(24)14-9-18-6-7-19-14/h3-9H,10-11H2,1-2H3,(H,20,22). The van der Waals surface area contributed by atoms with E-state index in [9.17, 15) is 14.4 Å². The van der Waals surface area contributed by atoms with Crippen LogP contribution in [0.2, 0.25) is 0 Å². The molecule has 0 radical (unpaired) electrons. The average Bonchev–Trinajstić information content (AvgIpc) is 2.66. The predicted molar refractivity (Wildman–Crippen MR) is 91.6 cm³/mol. The first kappa shape index (κ1) is 18.8. The van der Waals surface area contributed by atoms with Crippen molar-refractivity contribution < 1.29 is 23.9 Å². The highest BCUT2D eigenvalue weighted by Gasteiger charge is 2.16. The van der Waals surface area contributed by atoms with E-state index in [4.69, 9.17) is 9.47 Å². The van der Waals surface area contributed by atoms with Crippen molar-refractivity contribution in [3.05, 3.63) is 48.5 Å². The summed E-state index contributed by atoms with van der Waals surface area (Å²) in [6.07, 6.45) is 3.99. The van der Waals surface area contributed by atoms with Crippen molar-refractivity contribution in [2.45, 2.75) is 0 Å². The first-order valence-electron chi connectivity index (χ1n) is 7.60. The van der Waals surface area contributed by atoms with E-state index in [-0.39, 0.29) is 12.2 Å². The summed E-state index contributed by atoms with van der Waals surface area (Å²) in [6, 6.07) is 6.83. The van der Waals surface area contributed by atoms with Gasteiger partial charge in [0.25, 0.3) is 5.91 Å². The quantitative estimate of drug-likeness (QED) is 0.727. The number of benzene rings is 1. The molecule has 1 aromatic carbocycles. The molecule has 2 amide bonds. The number of hydrogen-bond donors (Lipinski definition) is 1. The monoisotopic (exact) mass is 358 g/mol. The highest BCUT2D eigenvalue weighted by molar-refractivity contribution is 5.95. The fourth-order valence-electron chi connectivity index (χ4n) is 1.92. The number of esters is 1. The second kappa shape index (κ2) is 9.11. The van der Waals surface area contributed by atoms with E-state index in [2.05, 4.69) is 15.3 Å². The summed E-state index contributed by atoms with van der Waals surface area (Å²) >= 11 is 0. The Labute approximate surface area is 150 Å². The molecule has 0 aliphatic carbocycles. The predicted octanol–water partition coefficient (Wildman–Crippen LogP) is 0.739. The molecule has 0 atom stereocenters. The van der Waals surface area contributed by atoms with Gasteiger partial charge in [0.05, 0.1) is 19.9 Å². The van der Waals surface area contributed by atoms with Crippen LogP contribution in [0.25, 0.3) is 0 Å². The van der Waals surface area contributed by atoms with Crippen molar-refractivity contribution >= 4 is 23.5 Å².